The first-order valence-electron chi connectivity index (χ1n) is 8.72. The highest BCUT2D eigenvalue weighted by Gasteiger charge is 2.25. The molecular formula is C19H18FN5O2. The van der Waals surface area contributed by atoms with Crippen molar-refractivity contribution in [2.24, 2.45) is 7.05 Å². The number of hydrogen-bond donors (Lipinski definition) is 0. The summed E-state index contributed by atoms with van der Waals surface area (Å²) in [6.07, 6.45) is 6.68. The van der Waals surface area contributed by atoms with Gasteiger partial charge in [0.2, 0.25) is 0 Å². The molecule has 0 unspecified atom stereocenters. The number of fused-ring (bicyclic) bond motifs is 1. The lowest BCUT2D eigenvalue weighted by atomic mass is 10.2. The quantitative estimate of drug-likeness (QED) is 0.698. The Balaban J connectivity index is 1.76. The van der Waals surface area contributed by atoms with Crippen molar-refractivity contribution in [1.82, 2.24) is 24.0 Å². The van der Waals surface area contributed by atoms with E-state index in [9.17, 15) is 14.0 Å². The molecule has 138 valence electrons. The van der Waals surface area contributed by atoms with Crippen molar-refractivity contribution in [3.63, 3.8) is 0 Å². The van der Waals surface area contributed by atoms with Crippen LogP contribution in [0.1, 0.15) is 24.2 Å². The predicted molar refractivity (Wildman–Crippen MR) is 99.7 cm³/mol. The van der Waals surface area contributed by atoms with E-state index in [2.05, 4.69) is 9.97 Å². The van der Waals surface area contributed by atoms with Gasteiger partial charge in [0.15, 0.2) is 11.5 Å². The summed E-state index contributed by atoms with van der Waals surface area (Å²) < 4.78 is 15.8. The molecule has 3 heterocycles. The average molecular weight is 367 g/mol. The van der Waals surface area contributed by atoms with E-state index < -0.39 is 5.69 Å². The van der Waals surface area contributed by atoms with Gasteiger partial charge < -0.3 is 4.90 Å². The minimum atomic E-state index is -0.442. The van der Waals surface area contributed by atoms with Gasteiger partial charge >= 0.3 is 11.7 Å². The van der Waals surface area contributed by atoms with Crippen molar-refractivity contribution in [2.45, 2.75) is 12.8 Å². The van der Waals surface area contributed by atoms with E-state index in [4.69, 9.17) is 0 Å². The van der Waals surface area contributed by atoms with Crippen LogP contribution in [0.15, 0.2) is 35.3 Å². The van der Waals surface area contributed by atoms with Crippen molar-refractivity contribution < 1.29 is 9.18 Å². The van der Waals surface area contributed by atoms with E-state index in [0.717, 1.165) is 17.4 Å². The van der Waals surface area contributed by atoms with Crippen molar-refractivity contribution in [2.75, 3.05) is 13.1 Å². The molecule has 0 saturated carbocycles. The number of aryl methyl sites for hydroxylation is 1. The highest BCUT2D eigenvalue weighted by molar-refractivity contribution is 5.87. The van der Waals surface area contributed by atoms with Crippen LogP contribution in [0, 0.1) is 5.82 Å². The van der Waals surface area contributed by atoms with Crippen LogP contribution in [-0.2, 0) is 7.05 Å². The van der Waals surface area contributed by atoms with E-state index in [1.165, 1.54) is 22.9 Å². The molecule has 1 fully saturated rings. The second-order valence-electron chi connectivity index (χ2n) is 6.48. The summed E-state index contributed by atoms with van der Waals surface area (Å²) in [6, 6.07) is 5.77. The molecule has 1 aliphatic heterocycles. The van der Waals surface area contributed by atoms with E-state index in [1.807, 2.05) is 0 Å². The molecule has 0 radical (unpaired) electrons. The Bertz CT molecular complexity index is 1110. The van der Waals surface area contributed by atoms with Crippen molar-refractivity contribution >= 4 is 29.3 Å². The molecule has 0 aliphatic carbocycles. The minimum absolute atomic E-state index is 0.272. The van der Waals surface area contributed by atoms with Crippen LogP contribution in [0.3, 0.4) is 0 Å². The Kier molecular flexibility index (Phi) is 4.31. The summed E-state index contributed by atoms with van der Waals surface area (Å²) in [4.78, 5) is 35.6. The third-order valence-corrected chi connectivity index (χ3v) is 4.66. The normalized spacial score (nSPS) is 14.5. The minimum Gasteiger partial charge on any atom is -0.324 e. The highest BCUT2D eigenvalue weighted by atomic mass is 19.1. The molecule has 1 aliphatic rings. The Morgan fingerprint density at radius 1 is 1.22 bits per heavy atom. The third kappa shape index (κ3) is 3.14. The molecule has 27 heavy (non-hydrogen) atoms. The topological polar surface area (TPSA) is 73.0 Å². The number of benzene rings is 1. The zero-order valence-electron chi connectivity index (χ0n) is 14.8. The molecule has 1 aromatic carbocycles. The largest absolute Gasteiger partial charge is 0.338 e. The first-order chi connectivity index (χ1) is 13.0. The zero-order chi connectivity index (χ0) is 19.0. The molecule has 0 atom stereocenters. The fourth-order valence-corrected chi connectivity index (χ4v) is 3.21. The van der Waals surface area contributed by atoms with Crippen LogP contribution >= 0.6 is 0 Å². The van der Waals surface area contributed by atoms with Gasteiger partial charge in [0, 0.05) is 20.1 Å². The standard InChI is InChI=1S/C19H18FN5O2/c1-23-15-12-21-16(8-7-13-5-4-6-14(20)11-13)22-17(15)25(18(23)26)19(27)24-9-2-3-10-24/h4-8,11-12H,2-3,9-10H2,1H3. The van der Waals surface area contributed by atoms with Gasteiger partial charge in [0.25, 0.3) is 0 Å². The molecule has 1 amide bonds. The Labute approximate surface area is 154 Å². The number of aromatic nitrogens is 4. The van der Waals surface area contributed by atoms with Crippen LogP contribution in [0.4, 0.5) is 9.18 Å². The maximum Gasteiger partial charge on any atom is 0.338 e. The number of carbonyl (C=O) groups excluding carboxylic acids is 1. The SMILES string of the molecule is Cn1c(=O)n(C(=O)N2CCCC2)c2nc(C=Cc3cccc(F)c3)ncc21. The lowest BCUT2D eigenvalue weighted by molar-refractivity contribution is 0.210. The van der Waals surface area contributed by atoms with E-state index in [1.54, 1.807) is 36.2 Å². The van der Waals surface area contributed by atoms with Crippen LogP contribution in [-0.4, -0.2) is 43.1 Å². The number of nitrogens with zero attached hydrogens (tertiary/aromatic N) is 5. The molecule has 8 heteroatoms. The average Bonchev–Trinajstić information content (AvgIpc) is 3.28. The van der Waals surface area contributed by atoms with Crippen LogP contribution in [0.2, 0.25) is 0 Å². The van der Waals surface area contributed by atoms with E-state index in [0.29, 0.717) is 30.0 Å². The first-order valence-corrected chi connectivity index (χ1v) is 8.72. The molecule has 0 spiro atoms. The fourth-order valence-electron chi connectivity index (χ4n) is 3.21. The summed E-state index contributed by atoms with van der Waals surface area (Å²) in [5.74, 6) is 0.00182. The second-order valence-corrected chi connectivity index (χ2v) is 6.48. The Hall–Kier alpha value is -3.29. The summed E-state index contributed by atoms with van der Waals surface area (Å²) in [7, 11) is 1.59. The number of amides is 1. The van der Waals surface area contributed by atoms with E-state index >= 15 is 0 Å². The number of rotatable bonds is 2. The number of carbonyl (C=O) groups is 1. The van der Waals surface area contributed by atoms with Gasteiger partial charge in [-0.2, -0.15) is 4.57 Å². The van der Waals surface area contributed by atoms with Crippen LogP contribution in [0.25, 0.3) is 23.3 Å². The summed E-state index contributed by atoms with van der Waals surface area (Å²) in [5.41, 5.74) is 0.975. The van der Waals surface area contributed by atoms with Crippen molar-refractivity contribution in [1.29, 1.82) is 0 Å². The van der Waals surface area contributed by atoms with Gasteiger partial charge in [-0.1, -0.05) is 18.2 Å². The fraction of sp³-hybridized carbons (Fsp3) is 0.263. The molecule has 1 saturated heterocycles. The van der Waals surface area contributed by atoms with E-state index in [-0.39, 0.29) is 17.5 Å². The smallest absolute Gasteiger partial charge is 0.324 e. The van der Waals surface area contributed by atoms with Gasteiger partial charge in [-0.15, -0.1) is 0 Å². The highest BCUT2D eigenvalue weighted by Crippen LogP contribution is 2.15. The molecule has 0 N–H and O–H groups in total. The maximum atomic E-state index is 13.3. The maximum absolute atomic E-state index is 13.3. The molecular weight excluding hydrogens is 349 g/mol. The summed E-state index contributed by atoms with van der Waals surface area (Å²) in [5, 5.41) is 0. The number of hydrogen-bond acceptors (Lipinski definition) is 4. The lowest BCUT2D eigenvalue weighted by Crippen LogP contribution is -2.38. The monoisotopic (exact) mass is 367 g/mol. The van der Waals surface area contributed by atoms with Crippen LogP contribution in [0.5, 0.6) is 0 Å². The summed E-state index contributed by atoms with van der Waals surface area (Å²) in [6.45, 7) is 1.28. The third-order valence-electron chi connectivity index (χ3n) is 4.66. The zero-order valence-corrected chi connectivity index (χ0v) is 14.8. The summed E-state index contributed by atoms with van der Waals surface area (Å²) >= 11 is 0. The molecule has 4 rings (SSSR count). The molecule has 3 aromatic rings. The number of imidazole rings is 1. The lowest BCUT2D eigenvalue weighted by Gasteiger charge is -2.14. The Morgan fingerprint density at radius 3 is 2.74 bits per heavy atom. The van der Waals surface area contributed by atoms with Gasteiger partial charge in [-0.05, 0) is 36.6 Å². The Morgan fingerprint density at radius 2 is 2.00 bits per heavy atom. The molecule has 2 aromatic heterocycles. The van der Waals surface area contributed by atoms with Gasteiger partial charge in [0.1, 0.15) is 11.3 Å². The predicted octanol–water partition coefficient (Wildman–Crippen LogP) is 2.50. The van der Waals surface area contributed by atoms with Crippen LogP contribution < -0.4 is 5.69 Å². The van der Waals surface area contributed by atoms with Crippen molar-refractivity contribution in [3.05, 3.63) is 58.2 Å². The van der Waals surface area contributed by atoms with Crippen molar-refractivity contribution in [3.8, 4) is 0 Å². The molecule has 7 nitrogen and oxygen atoms in total. The van der Waals surface area contributed by atoms with Gasteiger partial charge in [-0.25, -0.2) is 23.9 Å². The number of halogens is 1. The van der Waals surface area contributed by atoms with Gasteiger partial charge in [-0.3, -0.25) is 4.57 Å². The van der Waals surface area contributed by atoms with Gasteiger partial charge in [0.05, 0.1) is 6.20 Å². The first kappa shape index (κ1) is 17.1. The second kappa shape index (κ2) is 6.79. The number of likely N-dealkylation sites (tertiary alicyclic amines) is 1. The molecule has 0 bridgehead atoms.